The predicted molar refractivity (Wildman–Crippen MR) is 79.9 cm³/mol. The maximum atomic E-state index is 6.12. The fourth-order valence-corrected chi connectivity index (χ4v) is 2.39. The molecule has 0 aromatic rings. The molecule has 1 aliphatic carbocycles. The van der Waals surface area contributed by atoms with E-state index in [1.165, 1.54) is 34.8 Å². The Morgan fingerprint density at radius 1 is 1.38 bits per heavy atom. The van der Waals surface area contributed by atoms with Crippen molar-refractivity contribution in [3.8, 4) is 0 Å². The smallest absolute Gasteiger partial charge is 0.0119 e. The molecule has 0 aromatic carbocycles. The molecular weight excluding hydrogens is 309 g/mol. The first-order valence-corrected chi connectivity index (χ1v) is 7.66. The summed E-state index contributed by atoms with van der Waals surface area (Å²) in [5.41, 5.74) is 12.3. The van der Waals surface area contributed by atoms with Gasteiger partial charge in [0.1, 0.15) is 0 Å². The zero-order valence-electron chi connectivity index (χ0n) is 9.97. The molecule has 90 valence electrons. The first-order valence-electron chi connectivity index (χ1n) is 6.13. The van der Waals surface area contributed by atoms with Gasteiger partial charge in [-0.15, -0.1) is 5.73 Å². The van der Waals surface area contributed by atoms with Crippen LogP contribution in [-0.2, 0) is 0 Å². The topological polar surface area (TPSA) is 26.0 Å². The minimum Gasteiger partial charge on any atom is -0.327 e. The van der Waals surface area contributed by atoms with Crippen molar-refractivity contribution in [2.75, 3.05) is 4.43 Å². The highest BCUT2D eigenvalue weighted by Gasteiger charge is 2.10. The van der Waals surface area contributed by atoms with E-state index in [4.69, 9.17) is 5.73 Å². The summed E-state index contributed by atoms with van der Waals surface area (Å²) in [5.74, 6) is 0. The first kappa shape index (κ1) is 14.0. The van der Waals surface area contributed by atoms with Gasteiger partial charge >= 0.3 is 0 Å². The Morgan fingerprint density at radius 2 is 2.12 bits per heavy atom. The highest BCUT2D eigenvalue weighted by atomic mass is 127. The van der Waals surface area contributed by atoms with Crippen molar-refractivity contribution in [1.82, 2.24) is 0 Å². The zero-order chi connectivity index (χ0) is 11.8. The molecule has 2 N–H and O–H groups in total. The highest BCUT2D eigenvalue weighted by molar-refractivity contribution is 14.1. The molecule has 1 atom stereocenters. The molecule has 0 amide bonds. The monoisotopic (exact) mass is 331 g/mol. The molecule has 0 spiro atoms. The van der Waals surface area contributed by atoms with Gasteiger partial charge in [-0.25, -0.2) is 0 Å². The minimum absolute atomic E-state index is 0.251. The van der Waals surface area contributed by atoms with Gasteiger partial charge in [-0.2, -0.15) is 0 Å². The van der Waals surface area contributed by atoms with Crippen molar-refractivity contribution >= 4 is 22.6 Å². The Morgan fingerprint density at radius 3 is 2.88 bits per heavy atom. The Bertz CT molecular complexity index is 287. The number of nitrogens with two attached hydrogens (primary N) is 1. The summed E-state index contributed by atoms with van der Waals surface area (Å²) in [6.07, 6.45) is 10.1. The van der Waals surface area contributed by atoms with Crippen LogP contribution in [0, 0.1) is 0 Å². The van der Waals surface area contributed by atoms with Crippen LogP contribution in [0.3, 0.4) is 0 Å². The maximum Gasteiger partial charge on any atom is 0.0119 e. The van der Waals surface area contributed by atoms with Gasteiger partial charge in [0.25, 0.3) is 0 Å². The van der Waals surface area contributed by atoms with Crippen molar-refractivity contribution in [2.45, 2.75) is 51.0 Å². The van der Waals surface area contributed by atoms with E-state index in [0.717, 1.165) is 25.7 Å². The molecule has 1 rings (SSSR count). The summed E-state index contributed by atoms with van der Waals surface area (Å²) in [6, 6.07) is 0.251. The second-order valence-corrected chi connectivity index (χ2v) is 5.63. The van der Waals surface area contributed by atoms with Crippen LogP contribution in [0.25, 0.3) is 0 Å². The number of alkyl halides is 1. The third-order valence-electron chi connectivity index (χ3n) is 2.88. The van der Waals surface area contributed by atoms with Crippen LogP contribution >= 0.6 is 22.6 Å². The van der Waals surface area contributed by atoms with Gasteiger partial charge in [0.05, 0.1) is 0 Å². The van der Waals surface area contributed by atoms with Crippen molar-refractivity contribution in [3.63, 3.8) is 0 Å². The summed E-state index contributed by atoms with van der Waals surface area (Å²) >= 11 is 2.39. The molecule has 0 heterocycles. The summed E-state index contributed by atoms with van der Waals surface area (Å²) in [7, 11) is 0. The van der Waals surface area contributed by atoms with Crippen LogP contribution < -0.4 is 5.73 Å². The average Bonchev–Trinajstić information content (AvgIpc) is 2.30. The summed E-state index contributed by atoms with van der Waals surface area (Å²) in [4.78, 5) is 0. The molecule has 1 saturated carbocycles. The average molecular weight is 331 g/mol. The highest BCUT2D eigenvalue weighted by Crippen LogP contribution is 2.22. The lowest BCUT2D eigenvalue weighted by molar-refractivity contribution is 0.647. The Labute approximate surface area is 113 Å². The molecule has 1 nitrogen and oxygen atoms in total. The largest absolute Gasteiger partial charge is 0.327 e. The van der Waals surface area contributed by atoms with Crippen LogP contribution in [0.2, 0.25) is 0 Å². The second kappa shape index (κ2) is 8.10. The van der Waals surface area contributed by atoms with Gasteiger partial charge in [-0.05, 0) is 56.6 Å². The normalized spacial score (nSPS) is 23.0. The molecule has 0 aromatic heterocycles. The van der Waals surface area contributed by atoms with Crippen LogP contribution in [0.1, 0.15) is 44.9 Å². The van der Waals surface area contributed by atoms with Crippen LogP contribution in [0.15, 0.2) is 29.5 Å². The molecule has 0 unspecified atom stereocenters. The maximum absolute atomic E-state index is 6.12. The lowest BCUT2D eigenvalue weighted by Crippen LogP contribution is -2.20. The fraction of sp³-hybridized carbons (Fsp3) is 0.643. The van der Waals surface area contributed by atoms with Crippen molar-refractivity contribution in [1.29, 1.82) is 0 Å². The molecule has 2 heteroatoms. The number of hydrogen-bond donors (Lipinski definition) is 1. The van der Waals surface area contributed by atoms with Crippen LogP contribution in [0.5, 0.6) is 0 Å². The Kier molecular flexibility index (Phi) is 7.10. The van der Waals surface area contributed by atoms with Crippen molar-refractivity contribution < 1.29 is 0 Å². The summed E-state index contributed by atoms with van der Waals surface area (Å²) in [5, 5.41) is 0. The van der Waals surface area contributed by atoms with E-state index in [9.17, 15) is 0 Å². The van der Waals surface area contributed by atoms with Gasteiger partial charge in [0.2, 0.25) is 0 Å². The van der Waals surface area contributed by atoms with Gasteiger partial charge in [0.15, 0.2) is 0 Å². The van der Waals surface area contributed by atoms with Crippen molar-refractivity contribution in [2.24, 2.45) is 5.73 Å². The minimum atomic E-state index is 0.251. The number of rotatable bonds is 2. The molecular formula is C14H22IN. The molecule has 16 heavy (non-hydrogen) atoms. The summed E-state index contributed by atoms with van der Waals surface area (Å²) in [6.45, 7) is 4.09. The number of halogens is 1. The first-order chi connectivity index (χ1) is 7.72. The molecule has 0 radical (unpaired) electrons. The van der Waals surface area contributed by atoms with Gasteiger partial charge in [-0.3, -0.25) is 0 Å². The van der Waals surface area contributed by atoms with Crippen molar-refractivity contribution in [3.05, 3.63) is 29.5 Å². The lowest BCUT2D eigenvalue weighted by Gasteiger charge is -2.11. The molecule has 0 aliphatic heterocycles. The van der Waals surface area contributed by atoms with E-state index < -0.39 is 0 Å². The van der Waals surface area contributed by atoms with Crippen LogP contribution in [-0.4, -0.2) is 10.5 Å². The molecule has 1 aliphatic rings. The molecule has 1 fully saturated rings. The third-order valence-corrected chi connectivity index (χ3v) is 3.50. The Hall–Kier alpha value is -0.0500. The SMILES string of the molecule is C=C1CCCCC(=C=CCCI)C[C@@H](N)C1. The third kappa shape index (κ3) is 5.88. The van der Waals surface area contributed by atoms with E-state index >= 15 is 0 Å². The van der Waals surface area contributed by atoms with Gasteiger partial charge < -0.3 is 5.73 Å². The second-order valence-electron chi connectivity index (χ2n) is 4.56. The molecule has 0 bridgehead atoms. The van der Waals surface area contributed by atoms with Gasteiger partial charge in [-0.1, -0.05) is 34.7 Å². The predicted octanol–water partition coefficient (Wildman–Crippen LogP) is 4.13. The zero-order valence-corrected chi connectivity index (χ0v) is 12.1. The van der Waals surface area contributed by atoms with E-state index in [2.05, 4.69) is 41.0 Å². The van der Waals surface area contributed by atoms with Gasteiger partial charge in [0, 0.05) is 10.5 Å². The van der Waals surface area contributed by atoms with E-state index in [1.54, 1.807) is 0 Å². The van der Waals surface area contributed by atoms with E-state index in [-0.39, 0.29) is 6.04 Å². The standard InChI is InChI=1S/C14H22IN/c1-12-6-2-3-7-13(8-4-5-9-15)11-14(16)10-12/h4,14H,1-3,5-7,9-11,16H2/t8?,14-/m0/s1. The van der Waals surface area contributed by atoms with Crippen LogP contribution in [0.4, 0.5) is 0 Å². The lowest BCUT2D eigenvalue weighted by atomic mass is 10.00. The van der Waals surface area contributed by atoms with E-state index in [0.29, 0.717) is 0 Å². The number of hydrogen-bond acceptors (Lipinski definition) is 1. The fourth-order valence-electron chi connectivity index (χ4n) is 2.08. The van der Waals surface area contributed by atoms with E-state index in [1.807, 2.05) is 0 Å². The quantitative estimate of drug-likeness (QED) is 0.350. The summed E-state index contributed by atoms with van der Waals surface area (Å²) < 4.78 is 1.17. The Balaban J connectivity index is 2.62. The molecule has 0 saturated heterocycles.